The number of carboxylic acid groups (broad SMARTS) is 1. The molecular formula is C13H18N2O3. The number of carboxylic acids is 1. The zero-order chi connectivity index (χ0) is 13.9. The largest absolute Gasteiger partial charge is 0.478 e. The van der Waals surface area contributed by atoms with Crippen LogP contribution in [0.25, 0.3) is 0 Å². The maximum absolute atomic E-state index is 12.0. The van der Waals surface area contributed by atoms with Crippen LogP contribution >= 0.6 is 0 Å². The highest BCUT2D eigenvalue weighted by atomic mass is 16.4. The van der Waals surface area contributed by atoms with Gasteiger partial charge in [0.15, 0.2) is 0 Å². The van der Waals surface area contributed by atoms with Crippen LogP contribution in [0.3, 0.4) is 0 Å². The second-order valence-corrected chi connectivity index (χ2v) is 4.29. The smallest absolute Gasteiger partial charge is 0.337 e. The van der Waals surface area contributed by atoms with Gasteiger partial charge >= 0.3 is 5.97 Å². The number of benzene rings is 1. The number of aromatic carboxylic acids is 1. The van der Waals surface area contributed by atoms with E-state index in [2.05, 4.69) is 0 Å². The summed E-state index contributed by atoms with van der Waals surface area (Å²) in [5.74, 6) is -1.35. The Morgan fingerprint density at radius 2 is 2.06 bits per heavy atom. The fourth-order valence-electron chi connectivity index (χ4n) is 1.64. The minimum atomic E-state index is -1.10. The SMILES string of the molecule is CCC(C)C(=O)N(C)c1ccc(N)cc1C(=O)O. The molecule has 0 aliphatic rings. The Kier molecular flexibility index (Phi) is 4.31. The van der Waals surface area contributed by atoms with Gasteiger partial charge in [-0.15, -0.1) is 0 Å². The topological polar surface area (TPSA) is 83.6 Å². The lowest BCUT2D eigenvalue weighted by Gasteiger charge is -2.22. The van der Waals surface area contributed by atoms with Crippen molar-refractivity contribution in [2.75, 3.05) is 17.7 Å². The van der Waals surface area contributed by atoms with E-state index >= 15 is 0 Å². The molecule has 0 aromatic heterocycles. The van der Waals surface area contributed by atoms with E-state index in [-0.39, 0.29) is 17.4 Å². The van der Waals surface area contributed by atoms with Crippen molar-refractivity contribution in [3.8, 4) is 0 Å². The van der Waals surface area contributed by atoms with Crippen molar-refractivity contribution in [2.45, 2.75) is 20.3 Å². The van der Waals surface area contributed by atoms with Crippen molar-refractivity contribution >= 4 is 23.3 Å². The lowest BCUT2D eigenvalue weighted by Crippen LogP contribution is -2.32. The van der Waals surface area contributed by atoms with E-state index in [1.54, 1.807) is 19.2 Å². The number of rotatable bonds is 4. The second kappa shape index (κ2) is 5.53. The average Bonchev–Trinajstić information content (AvgIpc) is 2.35. The van der Waals surface area contributed by atoms with E-state index in [1.807, 2.05) is 13.8 Å². The molecule has 0 spiro atoms. The van der Waals surface area contributed by atoms with Gasteiger partial charge in [-0.3, -0.25) is 4.79 Å². The van der Waals surface area contributed by atoms with E-state index < -0.39 is 5.97 Å². The number of amides is 1. The molecule has 1 rings (SSSR count). The fraction of sp³-hybridized carbons (Fsp3) is 0.385. The Labute approximate surface area is 106 Å². The molecule has 0 radical (unpaired) electrons. The van der Waals surface area contributed by atoms with E-state index in [0.29, 0.717) is 17.8 Å². The summed E-state index contributed by atoms with van der Waals surface area (Å²) < 4.78 is 0. The van der Waals surface area contributed by atoms with Gasteiger partial charge < -0.3 is 15.7 Å². The molecule has 98 valence electrons. The fourth-order valence-corrected chi connectivity index (χ4v) is 1.64. The predicted octanol–water partition coefficient (Wildman–Crippen LogP) is 1.98. The quantitative estimate of drug-likeness (QED) is 0.800. The molecule has 1 aromatic rings. The van der Waals surface area contributed by atoms with Gasteiger partial charge in [-0.25, -0.2) is 4.79 Å². The minimum Gasteiger partial charge on any atom is -0.478 e. The van der Waals surface area contributed by atoms with Crippen LogP contribution in [0.5, 0.6) is 0 Å². The predicted molar refractivity (Wildman–Crippen MR) is 70.7 cm³/mol. The standard InChI is InChI=1S/C13H18N2O3/c1-4-8(2)12(16)15(3)11-6-5-9(14)7-10(11)13(17)18/h5-8H,4,14H2,1-3H3,(H,17,18). The molecule has 0 bridgehead atoms. The third-order valence-corrected chi connectivity index (χ3v) is 2.98. The molecule has 0 saturated carbocycles. The van der Waals surface area contributed by atoms with E-state index in [9.17, 15) is 9.59 Å². The van der Waals surface area contributed by atoms with Crippen LogP contribution in [-0.4, -0.2) is 24.0 Å². The maximum atomic E-state index is 12.0. The molecule has 5 heteroatoms. The van der Waals surface area contributed by atoms with E-state index in [4.69, 9.17) is 10.8 Å². The summed E-state index contributed by atoms with van der Waals surface area (Å²) in [4.78, 5) is 24.6. The summed E-state index contributed by atoms with van der Waals surface area (Å²) in [7, 11) is 1.58. The average molecular weight is 250 g/mol. The molecule has 0 fully saturated rings. The normalized spacial score (nSPS) is 11.9. The van der Waals surface area contributed by atoms with Crippen LogP contribution in [0.15, 0.2) is 18.2 Å². The lowest BCUT2D eigenvalue weighted by molar-refractivity contribution is -0.121. The van der Waals surface area contributed by atoms with Crippen molar-refractivity contribution in [3.05, 3.63) is 23.8 Å². The first-order chi connectivity index (χ1) is 8.38. The van der Waals surface area contributed by atoms with Gasteiger partial charge in [0.25, 0.3) is 0 Å². The Morgan fingerprint density at radius 1 is 1.44 bits per heavy atom. The summed E-state index contributed by atoms with van der Waals surface area (Å²) in [5.41, 5.74) is 6.32. The molecule has 5 nitrogen and oxygen atoms in total. The monoisotopic (exact) mass is 250 g/mol. The number of nitrogens with two attached hydrogens (primary N) is 1. The molecule has 1 amide bonds. The first-order valence-corrected chi connectivity index (χ1v) is 5.78. The second-order valence-electron chi connectivity index (χ2n) is 4.29. The number of carbonyl (C=O) groups excluding carboxylic acids is 1. The molecule has 1 unspecified atom stereocenters. The van der Waals surface area contributed by atoms with Crippen molar-refractivity contribution < 1.29 is 14.7 Å². The zero-order valence-electron chi connectivity index (χ0n) is 10.8. The Balaban J connectivity index is 3.16. The highest BCUT2D eigenvalue weighted by Gasteiger charge is 2.21. The molecule has 18 heavy (non-hydrogen) atoms. The van der Waals surface area contributed by atoms with E-state index in [1.165, 1.54) is 11.0 Å². The van der Waals surface area contributed by atoms with Crippen molar-refractivity contribution in [3.63, 3.8) is 0 Å². The van der Waals surface area contributed by atoms with Crippen LogP contribution in [0.1, 0.15) is 30.6 Å². The first-order valence-electron chi connectivity index (χ1n) is 5.78. The van der Waals surface area contributed by atoms with Crippen molar-refractivity contribution in [1.82, 2.24) is 0 Å². The number of nitrogen functional groups attached to an aromatic ring is 1. The molecule has 1 atom stereocenters. The highest BCUT2D eigenvalue weighted by Crippen LogP contribution is 2.24. The third kappa shape index (κ3) is 2.80. The Hall–Kier alpha value is -2.04. The Morgan fingerprint density at radius 3 is 2.56 bits per heavy atom. The van der Waals surface area contributed by atoms with Gasteiger partial charge in [-0.05, 0) is 24.6 Å². The highest BCUT2D eigenvalue weighted by molar-refractivity contribution is 6.02. The van der Waals surface area contributed by atoms with Crippen LogP contribution < -0.4 is 10.6 Å². The molecule has 0 aliphatic carbocycles. The van der Waals surface area contributed by atoms with E-state index in [0.717, 1.165) is 0 Å². The number of carbonyl (C=O) groups is 2. The summed E-state index contributed by atoms with van der Waals surface area (Å²) in [6.45, 7) is 3.73. The lowest BCUT2D eigenvalue weighted by atomic mass is 10.1. The van der Waals surface area contributed by atoms with Crippen molar-refractivity contribution in [2.24, 2.45) is 5.92 Å². The summed E-state index contributed by atoms with van der Waals surface area (Å²) >= 11 is 0. The molecule has 1 aromatic carbocycles. The zero-order valence-corrected chi connectivity index (χ0v) is 10.8. The van der Waals surface area contributed by atoms with Gasteiger partial charge in [0.2, 0.25) is 5.91 Å². The number of nitrogens with zero attached hydrogens (tertiary/aromatic N) is 1. The summed E-state index contributed by atoms with van der Waals surface area (Å²) in [6, 6.07) is 4.50. The van der Waals surface area contributed by atoms with Crippen molar-refractivity contribution in [1.29, 1.82) is 0 Å². The third-order valence-electron chi connectivity index (χ3n) is 2.98. The van der Waals surface area contributed by atoms with Gasteiger partial charge in [-0.2, -0.15) is 0 Å². The van der Waals surface area contributed by atoms with Crippen LogP contribution in [-0.2, 0) is 4.79 Å². The van der Waals surface area contributed by atoms with Gasteiger partial charge in [0.05, 0.1) is 11.3 Å². The number of hydrogen-bond donors (Lipinski definition) is 2. The first kappa shape index (κ1) is 14.0. The summed E-state index contributed by atoms with van der Waals surface area (Å²) in [6.07, 6.45) is 0.709. The number of anilines is 2. The van der Waals surface area contributed by atoms with Gasteiger partial charge in [0.1, 0.15) is 0 Å². The van der Waals surface area contributed by atoms with Crippen LogP contribution in [0, 0.1) is 5.92 Å². The summed E-state index contributed by atoms with van der Waals surface area (Å²) in [5, 5.41) is 9.12. The minimum absolute atomic E-state index is 0.0363. The Bertz CT molecular complexity index is 471. The maximum Gasteiger partial charge on any atom is 0.337 e. The molecule has 0 aliphatic heterocycles. The van der Waals surface area contributed by atoms with Gasteiger partial charge in [-0.1, -0.05) is 13.8 Å². The number of hydrogen-bond acceptors (Lipinski definition) is 3. The molecular weight excluding hydrogens is 232 g/mol. The molecule has 0 heterocycles. The van der Waals surface area contributed by atoms with Gasteiger partial charge in [0, 0.05) is 18.7 Å². The molecule has 3 N–H and O–H groups in total. The van der Waals surface area contributed by atoms with Crippen LogP contribution in [0.2, 0.25) is 0 Å². The van der Waals surface area contributed by atoms with Crippen LogP contribution in [0.4, 0.5) is 11.4 Å². The molecule has 0 saturated heterocycles.